The van der Waals surface area contributed by atoms with E-state index in [1.165, 1.54) is 0 Å². The van der Waals surface area contributed by atoms with E-state index >= 15 is 0 Å². The summed E-state index contributed by atoms with van der Waals surface area (Å²) in [4.78, 5) is 0. The molecule has 68 valence electrons. The number of hydrogen-bond donors (Lipinski definition) is 1. The minimum Gasteiger partial charge on any atom is -0.378 e. The molecule has 0 aromatic heterocycles. The van der Waals surface area contributed by atoms with Crippen LogP contribution >= 0.6 is 12.6 Å². The molecule has 0 aromatic rings. The Balaban J connectivity index is 3.34. The summed E-state index contributed by atoms with van der Waals surface area (Å²) in [6.07, 6.45) is 0. The van der Waals surface area contributed by atoms with Gasteiger partial charge in [0.25, 0.3) is 6.48 Å². The van der Waals surface area contributed by atoms with Gasteiger partial charge in [0.2, 0.25) is 0 Å². The number of rotatable bonds is 7. The van der Waals surface area contributed by atoms with Gasteiger partial charge in [-0.05, 0) is 13.8 Å². The first kappa shape index (κ1) is 11.4. The van der Waals surface area contributed by atoms with E-state index in [1.807, 2.05) is 13.8 Å². The molecule has 0 radical (unpaired) electrons. The molecule has 3 nitrogen and oxygen atoms in total. The molecular weight excluding hydrogens is 180 g/mol. The lowest BCUT2D eigenvalue weighted by molar-refractivity contribution is -0.243. The fourth-order valence-electron chi connectivity index (χ4n) is 0.565. The first-order valence-corrected chi connectivity index (χ1v) is 6.01. The van der Waals surface area contributed by atoms with Crippen molar-refractivity contribution >= 4 is 22.4 Å². The fraction of sp³-hybridized carbons (Fsp3) is 1.00. The molecule has 0 fully saturated rings. The molecule has 11 heavy (non-hydrogen) atoms. The molecule has 0 aliphatic carbocycles. The third-order valence-electron chi connectivity index (χ3n) is 0.951. The zero-order valence-corrected chi connectivity index (χ0v) is 9.39. The Morgan fingerprint density at radius 1 is 1.27 bits per heavy atom. The summed E-state index contributed by atoms with van der Waals surface area (Å²) in [5, 5.41) is 0.816. The first-order valence-electron chi connectivity index (χ1n) is 3.80. The van der Waals surface area contributed by atoms with E-state index in [2.05, 4.69) is 12.6 Å². The van der Waals surface area contributed by atoms with E-state index in [0.29, 0.717) is 13.2 Å². The van der Waals surface area contributed by atoms with E-state index in [-0.39, 0.29) is 0 Å². The molecule has 0 N–H and O–H groups in total. The lowest BCUT2D eigenvalue weighted by Gasteiger charge is -2.16. The van der Waals surface area contributed by atoms with Crippen molar-refractivity contribution < 1.29 is 13.9 Å². The average molecular weight is 196 g/mol. The normalized spacial score (nSPS) is 12.0. The number of hydrogen-bond acceptors (Lipinski definition) is 4. The summed E-state index contributed by atoms with van der Waals surface area (Å²) in [5.74, 6) is 0. The standard InChI is InChI=1S/C6H16O3SSi/c1-3-7-6(8-4-2)9-11-5-10/h6,10H,3-5,11H2,1-2H3. The smallest absolute Gasteiger partial charge is 0.261 e. The Morgan fingerprint density at radius 3 is 2.18 bits per heavy atom. The van der Waals surface area contributed by atoms with Crippen molar-refractivity contribution in [2.75, 3.05) is 18.6 Å². The zero-order valence-electron chi connectivity index (χ0n) is 7.08. The molecule has 0 heterocycles. The van der Waals surface area contributed by atoms with Crippen LogP contribution in [-0.2, 0) is 13.9 Å². The highest BCUT2D eigenvalue weighted by atomic mass is 32.1. The quantitative estimate of drug-likeness (QED) is 0.361. The maximum absolute atomic E-state index is 5.29. The lowest BCUT2D eigenvalue weighted by Crippen LogP contribution is -2.23. The van der Waals surface area contributed by atoms with Gasteiger partial charge in [-0.2, -0.15) is 12.6 Å². The van der Waals surface area contributed by atoms with Crippen molar-refractivity contribution in [3.05, 3.63) is 0 Å². The summed E-state index contributed by atoms with van der Waals surface area (Å²) in [5.41, 5.74) is 0. The van der Waals surface area contributed by atoms with Gasteiger partial charge in [0.15, 0.2) is 9.76 Å². The minimum absolute atomic E-state index is 0.455. The largest absolute Gasteiger partial charge is 0.378 e. The Hall–Kier alpha value is 0.447. The van der Waals surface area contributed by atoms with Gasteiger partial charge in [-0.25, -0.2) is 0 Å². The molecule has 0 aliphatic rings. The van der Waals surface area contributed by atoms with Gasteiger partial charge < -0.3 is 13.9 Å². The van der Waals surface area contributed by atoms with Crippen LogP contribution in [0.5, 0.6) is 0 Å². The molecular formula is C6H16O3SSi. The van der Waals surface area contributed by atoms with Gasteiger partial charge in [-0.1, -0.05) is 0 Å². The molecule has 5 heteroatoms. The molecule has 0 spiro atoms. The van der Waals surface area contributed by atoms with E-state index in [4.69, 9.17) is 13.9 Å². The Kier molecular flexibility index (Phi) is 8.89. The molecule has 0 rings (SSSR count). The van der Waals surface area contributed by atoms with Crippen LogP contribution in [0.2, 0.25) is 0 Å². The molecule has 0 saturated carbocycles. The lowest BCUT2D eigenvalue weighted by atomic mass is 10.8. The molecule has 0 aromatic carbocycles. The third kappa shape index (κ3) is 6.83. The monoisotopic (exact) mass is 196 g/mol. The fourth-order valence-corrected chi connectivity index (χ4v) is 1.37. The predicted molar refractivity (Wildman–Crippen MR) is 50.5 cm³/mol. The maximum Gasteiger partial charge on any atom is 0.261 e. The van der Waals surface area contributed by atoms with Crippen LogP contribution in [0.25, 0.3) is 0 Å². The van der Waals surface area contributed by atoms with Crippen molar-refractivity contribution in [1.29, 1.82) is 0 Å². The van der Waals surface area contributed by atoms with Crippen LogP contribution in [0.3, 0.4) is 0 Å². The van der Waals surface area contributed by atoms with Crippen molar-refractivity contribution in [3.8, 4) is 0 Å². The van der Waals surface area contributed by atoms with E-state index in [0.717, 1.165) is 5.38 Å². The average Bonchev–Trinajstić information content (AvgIpc) is 2.01. The van der Waals surface area contributed by atoms with Crippen molar-refractivity contribution in [3.63, 3.8) is 0 Å². The van der Waals surface area contributed by atoms with Gasteiger partial charge in [0.1, 0.15) is 0 Å². The molecule has 0 aliphatic heterocycles. The molecule has 0 saturated heterocycles. The molecule has 0 atom stereocenters. The topological polar surface area (TPSA) is 27.7 Å². The number of thiol groups is 1. The van der Waals surface area contributed by atoms with Crippen LogP contribution in [0.15, 0.2) is 0 Å². The summed E-state index contributed by atoms with van der Waals surface area (Å²) >= 11 is 4.06. The van der Waals surface area contributed by atoms with Gasteiger partial charge in [-0.15, -0.1) is 0 Å². The molecule has 0 amide bonds. The second-order valence-corrected chi connectivity index (χ2v) is 4.32. The van der Waals surface area contributed by atoms with Crippen LogP contribution in [0.1, 0.15) is 13.8 Å². The minimum atomic E-state index is -0.552. The highest BCUT2D eigenvalue weighted by Gasteiger charge is 2.05. The summed E-state index contributed by atoms with van der Waals surface area (Å²) in [6, 6.07) is 0. The highest BCUT2D eigenvalue weighted by Crippen LogP contribution is 1.95. The van der Waals surface area contributed by atoms with Crippen LogP contribution in [0, 0.1) is 0 Å². The zero-order chi connectivity index (χ0) is 8.53. The second kappa shape index (κ2) is 8.54. The van der Waals surface area contributed by atoms with Crippen molar-refractivity contribution in [2.45, 2.75) is 20.3 Å². The third-order valence-corrected chi connectivity index (χ3v) is 2.19. The number of ether oxygens (including phenoxy) is 2. The van der Waals surface area contributed by atoms with Crippen molar-refractivity contribution in [1.82, 2.24) is 0 Å². The SMILES string of the molecule is CCOC(OCC)O[SiH2]CS. The van der Waals surface area contributed by atoms with Gasteiger partial charge in [0.05, 0.1) is 0 Å². The van der Waals surface area contributed by atoms with Crippen molar-refractivity contribution in [2.24, 2.45) is 0 Å². The predicted octanol–water partition coefficient (Wildman–Crippen LogP) is 0.331. The Morgan fingerprint density at radius 2 is 1.82 bits per heavy atom. The van der Waals surface area contributed by atoms with Crippen LogP contribution < -0.4 is 0 Å². The van der Waals surface area contributed by atoms with Gasteiger partial charge >= 0.3 is 0 Å². The Labute approximate surface area is 75.8 Å². The van der Waals surface area contributed by atoms with E-state index in [1.54, 1.807) is 0 Å². The summed E-state index contributed by atoms with van der Waals surface area (Å²) < 4.78 is 15.6. The van der Waals surface area contributed by atoms with E-state index < -0.39 is 16.2 Å². The maximum atomic E-state index is 5.29. The van der Waals surface area contributed by atoms with Gasteiger partial charge in [-0.3, -0.25) is 0 Å². The van der Waals surface area contributed by atoms with Crippen LogP contribution in [0.4, 0.5) is 0 Å². The summed E-state index contributed by atoms with van der Waals surface area (Å²) in [6.45, 7) is 4.61. The van der Waals surface area contributed by atoms with Gasteiger partial charge in [0, 0.05) is 18.6 Å². The second-order valence-electron chi connectivity index (χ2n) is 1.79. The highest BCUT2D eigenvalue weighted by molar-refractivity contribution is 7.81. The Bertz CT molecular complexity index is 78.2. The van der Waals surface area contributed by atoms with Crippen LogP contribution in [-0.4, -0.2) is 34.8 Å². The molecule has 0 bridgehead atoms. The van der Waals surface area contributed by atoms with E-state index in [9.17, 15) is 0 Å². The summed E-state index contributed by atoms with van der Waals surface area (Å²) in [7, 11) is -0.552. The first-order chi connectivity index (χ1) is 5.35. The molecule has 0 unspecified atom stereocenters.